The molecular weight excluding hydrogens is 260 g/mol. The van der Waals surface area contributed by atoms with Gasteiger partial charge in [0.1, 0.15) is 0 Å². The van der Waals surface area contributed by atoms with Crippen LogP contribution in [0.25, 0.3) is 0 Å². The van der Waals surface area contributed by atoms with Crippen LogP contribution >= 0.6 is 11.3 Å². The third-order valence-corrected chi connectivity index (χ3v) is 4.83. The molecular formula is C14H22N2O2S. The number of carbonyl (C=O) groups is 1. The van der Waals surface area contributed by atoms with E-state index in [4.69, 9.17) is 5.73 Å². The van der Waals surface area contributed by atoms with Gasteiger partial charge in [-0.05, 0) is 37.7 Å². The van der Waals surface area contributed by atoms with Crippen molar-refractivity contribution in [3.63, 3.8) is 0 Å². The zero-order valence-electron chi connectivity index (χ0n) is 11.3. The molecule has 4 nitrogen and oxygen atoms in total. The van der Waals surface area contributed by atoms with E-state index in [0.717, 1.165) is 36.5 Å². The first-order valence-corrected chi connectivity index (χ1v) is 7.67. The Morgan fingerprint density at radius 1 is 1.58 bits per heavy atom. The highest BCUT2D eigenvalue weighted by atomic mass is 32.1. The summed E-state index contributed by atoms with van der Waals surface area (Å²) in [4.78, 5) is 12.1. The Balaban J connectivity index is 1.78. The van der Waals surface area contributed by atoms with Gasteiger partial charge in [0.15, 0.2) is 0 Å². The van der Waals surface area contributed by atoms with Crippen molar-refractivity contribution in [1.29, 1.82) is 0 Å². The number of hydrogen-bond donors (Lipinski definition) is 3. The summed E-state index contributed by atoms with van der Waals surface area (Å²) in [6.45, 7) is 3.53. The lowest BCUT2D eigenvalue weighted by atomic mass is 9.79. The summed E-state index contributed by atoms with van der Waals surface area (Å²) in [7, 11) is 0. The van der Waals surface area contributed by atoms with Gasteiger partial charge in [0.05, 0.1) is 11.2 Å². The van der Waals surface area contributed by atoms with Gasteiger partial charge in [-0.15, -0.1) is 11.3 Å². The van der Waals surface area contributed by atoms with E-state index < -0.39 is 5.60 Å². The summed E-state index contributed by atoms with van der Waals surface area (Å²) in [6, 6.07) is 1.81. The number of primary amides is 1. The smallest absolute Gasteiger partial charge is 0.249 e. The zero-order valence-corrected chi connectivity index (χ0v) is 12.1. The minimum absolute atomic E-state index is 0.387. The van der Waals surface area contributed by atoms with Crippen LogP contribution in [0, 0.1) is 5.92 Å². The van der Waals surface area contributed by atoms with E-state index >= 15 is 0 Å². The standard InChI is InChI=1S/C14H22N2O2S/c1-10-2-4-14(18,5-3-10)9-16-7-12-6-11(8-19-12)13(15)17/h6,8,10,16,18H,2-5,7,9H2,1H3,(H2,15,17). The van der Waals surface area contributed by atoms with Crippen molar-refractivity contribution >= 4 is 17.2 Å². The lowest BCUT2D eigenvalue weighted by molar-refractivity contribution is -0.00626. The van der Waals surface area contributed by atoms with Crippen molar-refractivity contribution in [3.8, 4) is 0 Å². The van der Waals surface area contributed by atoms with E-state index in [1.54, 1.807) is 5.38 Å². The van der Waals surface area contributed by atoms with Gasteiger partial charge in [-0.2, -0.15) is 0 Å². The Kier molecular flexibility index (Phi) is 4.60. The lowest BCUT2D eigenvalue weighted by Crippen LogP contribution is -2.43. The minimum atomic E-state index is -0.559. The summed E-state index contributed by atoms with van der Waals surface area (Å²) < 4.78 is 0. The zero-order chi connectivity index (χ0) is 13.9. The summed E-state index contributed by atoms with van der Waals surface area (Å²) >= 11 is 1.52. The maximum Gasteiger partial charge on any atom is 0.249 e. The Hall–Kier alpha value is -0.910. The summed E-state index contributed by atoms with van der Waals surface area (Å²) in [5.41, 5.74) is 5.22. The predicted molar refractivity (Wildman–Crippen MR) is 77.1 cm³/mol. The molecule has 1 heterocycles. The molecule has 0 aliphatic heterocycles. The van der Waals surface area contributed by atoms with Crippen molar-refractivity contribution in [2.75, 3.05) is 6.54 Å². The molecule has 4 N–H and O–H groups in total. The fourth-order valence-corrected chi connectivity index (χ4v) is 3.34. The third kappa shape index (κ3) is 4.03. The van der Waals surface area contributed by atoms with Gasteiger partial charge < -0.3 is 16.2 Å². The second-order valence-electron chi connectivity index (χ2n) is 5.68. The van der Waals surface area contributed by atoms with Gasteiger partial charge in [0, 0.05) is 23.3 Å². The first-order valence-electron chi connectivity index (χ1n) is 6.79. The highest BCUT2D eigenvalue weighted by Crippen LogP contribution is 2.31. The summed E-state index contributed by atoms with van der Waals surface area (Å²) in [5.74, 6) is 0.345. The molecule has 0 atom stereocenters. The number of amides is 1. The summed E-state index contributed by atoms with van der Waals surface area (Å²) in [6.07, 6.45) is 3.95. The first-order chi connectivity index (χ1) is 8.98. The molecule has 1 aromatic heterocycles. The van der Waals surface area contributed by atoms with E-state index in [1.165, 1.54) is 11.3 Å². The third-order valence-electron chi connectivity index (χ3n) is 3.90. The number of aliphatic hydroxyl groups is 1. The lowest BCUT2D eigenvalue weighted by Gasteiger charge is -2.35. The van der Waals surface area contributed by atoms with Crippen LogP contribution in [0.2, 0.25) is 0 Å². The number of thiophene rings is 1. The summed E-state index contributed by atoms with van der Waals surface area (Å²) in [5, 5.41) is 15.5. The van der Waals surface area contributed by atoms with Gasteiger partial charge in [0.25, 0.3) is 0 Å². The Bertz CT molecular complexity index is 436. The Morgan fingerprint density at radius 3 is 2.84 bits per heavy atom. The number of nitrogens with two attached hydrogens (primary N) is 1. The van der Waals surface area contributed by atoms with Crippen LogP contribution in [0.1, 0.15) is 47.8 Å². The molecule has 0 unspecified atom stereocenters. The SMILES string of the molecule is CC1CCC(O)(CNCc2cc(C(N)=O)cs2)CC1. The second-order valence-corrected chi connectivity index (χ2v) is 6.67. The topological polar surface area (TPSA) is 75.3 Å². The van der Waals surface area contributed by atoms with Crippen LogP contribution in [0.5, 0.6) is 0 Å². The fourth-order valence-electron chi connectivity index (χ4n) is 2.50. The van der Waals surface area contributed by atoms with Crippen molar-refractivity contribution in [3.05, 3.63) is 21.9 Å². The first kappa shape index (κ1) is 14.5. The molecule has 106 valence electrons. The molecule has 1 amide bonds. The van der Waals surface area contributed by atoms with Crippen LogP contribution in [-0.2, 0) is 6.54 Å². The highest BCUT2D eigenvalue weighted by molar-refractivity contribution is 7.10. The molecule has 1 aliphatic carbocycles. The second kappa shape index (κ2) is 6.03. The number of rotatable bonds is 5. The van der Waals surface area contributed by atoms with Crippen LogP contribution in [-0.4, -0.2) is 23.2 Å². The molecule has 2 rings (SSSR count). The minimum Gasteiger partial charge on any atom is -0.389 e. The van der Waals surface area contributed by atoms with E-state index in [9.17, 15) is 9.90 Å². The number of carbonyl (C=O) groups excluding carboxylic acids is 1. The van der Waals surface area contributed by atoms with E-state index in [1.807, 2.05) is 6.07 Å². The predicted octanol–water partition coefficient (Wildman–Crippen LogP) is 1.88. The molecule has 0 bridgehead atoms. The quantitative estimate of drug-likeness (QED) is 0.772. The average molecular weight is 282 g/mol. The van der Waals surface area contributed by atoms with Crippen LogP contribution in [0.4, 0.5) is 0 Å². The molecule has 0 saturated heterocycles. The fraction of sp³-hybridized carbons (Fsp3) is 0.643. The van der Waals surface area contributed by atoms with Gasteiger partial charge in [-0.1, -0.05) is 6.92 Å². The maximum atomic E-state index is 11.0. The maximum absolute atomic E-state index is 11.0. The monoisotopic (exact) mass is 282 g/mol. The normalized spacial score (nSPS) is 27.4. The van der Waals surface area contributed by atoms with Crippen molar-refractivity contribution in [2.45, 2.75) is 44.8 Å². The van der Waals surface area contributed by atoms with Gasteiger partial charge in [0.2, 0.25) is 5.91 Å². The van der Waals surface area contributed by atoms with Crippen molar-refractivity contribution in [2.24, 2.45) is 11.7 Å². The van der Waals surface area contributed by atoms with E-state index in [0.29, 0.717) is 18.7 Å². The van der Waals surface area contributed by atoms with Gasteiger partial charge >= 0.3 is 0 Å². The number of nitrogens with one attached hydrogen (secondary N) is 1. The molecule has 1 aliphatic rings. The van der Waals surface area contributed by atoms with Crippen LogP contribution in [0.3, 0.4) is 0 Å². The van der Waals surface area contributed by atoms with Crippen LogP contribution < -0.4 is 11.1 Å². The Morgan fingerprint density at radius 2 is 2.26 bits per heavy atom. The van der Waals surface area contributed by atoms with Crippen molar-refractivity contribution < 1.29 is 9.90 Å². The highest BCUT2D eigenvalue weighted by Gasteiger charge is 2.31. The molecule has 5 heteroatoms. The van der Waals surface area contributed by atoms with E-state index in [2.05, 4.69) is 12.2 Å². The molecule has 19 heavy (non-hydrogen) atoms. The van der Waals surface area contributed by atoms with Crippen LogP contribution in [0.15, 0.2) is 11.4 Å². The molecule has 0 radical (unpaired) electrons. The van der Waals surface area contributed by atoms with Gasteiger partial charge in [-0.3, -0.25) is 4.79 Å². The molecule has 0 spiro atoms. The Labute approximate surface area is 118 Å². The molecule has 1 fully saturated rings. The molecule has 1 aromatic rings. The molecule has 0 aromatic carbocycles. The average Bonchev–Trinajstić information content (AvgIpc) is 2.82. The van der Waals surface area contributed by atoms with E-state index in [-0.39, 0.29) is 5.91 Å². The van der Waals surface area contributed by atoms with Crippen molar-refractivity contribution in [1.82, 2.24) is 5.32 Å². The largest absolute Gasteiger partial charge is 0.389 e. The van der Waals surface area contributed by atoms with Gasteiger partial charge in [-0.25, -0.2) is 0 Å². The molecule has 1 saturated carbocycles. The number of hydrogen-bond acceptors (Lipinski definition) is 4.